The van der Waals surface area contributed by atoms with Crippen molar-refractivity contribution in [2.45, 2.75) is 12.3 Å². The first-order valence-corrected chi connectivity index (χ1v) is 4.68. The minimum atomic E-state index is -0.217. The van der Waals surface area contributed by atoms with Gasteiger partial charge in [0.15, 0.2) is 5.58 Å². The summed E-state index contributed by atoms with van der Waals surface area (Å²) in [6.45, 7) is 1.81. The number of alkyl halides is 1. The van der Waals surface area contributed by atoms with Crippen molar-refractivity contribution < 1.29 is 4.42 Å². The van der Waals surface area contributed by atoms with Crippen LogP contribution in [0.4, 0.5) is 0 Å². The van der Waals surface area contributed by atoms with Gasteiger partial charge in [-0.1, -0.05) is 11.6 Å². The van der Waals surface area contributed by atoms with Gasteiger partial charge in [0.1, 0.15) is 10.9 Å². The molecule has 0 aliphatic carbocycles. The van der Waals surface area contributed by atoms with E-state index in [2.05, 4.69) is 4.98 Å². The van der Waals surface area contributed by atoms with Crippen LogP contribution in [0.5, 0.6) is 0 Å². The molecule has 2 rings (SSSR count). The summed E-state index contributed by atoms with van der Waals surface area (Å²) in [6.07, 6.45) is 0. The average molecular weight is 216 g/mol. The summed E-state index contributed by atoms with van der Waals surface area (Å²) < 4.78 is 5.38. The maximum Gasteiger partial charge on any atom is 0.213 e. The first kappa shape index (κ1) is 8.85. The molecule has 0 aliphatic heterocycles. The maximum absolute atomic E-state index is 5.83. The second kappa shape index (κ2) is 3.20. The summed E-state index contributed by atoms with van der Waals surface area (Å²) in [4.78, 5) is 4.20. The highest BCUT2D eigenvalue weighted by molar-refractivity contribution is 6.31. The van der Waals surface area contributed by atoms with Gasteiger partial charge >= 0.3 is 0 Å². The third-order valence-corrected chi connectivity index (χ3v) is 2.13. The summed E-state index contributed by atoms with van der Waals surface area (Å²) in [5, 5.41) is 0.420. The lowest BCUT2D eigenvalue weighted by Crippen LogP contribution is -1.81. The molecule has 1 atom stereocenters. The molecule has 0 saturated carbocycles. The van der Waals surface area contributed by atoms with Crippen LogP contribution in [0.1, 0.15) is 18.2 Å². The monoisotopic (exact) mass is 215 g/mol. The Labute approximate surface area is 85.5 Å². The van der Waals surface area contributed by atoms with Crippen LogP contribution in [0.3, 0.4) is 0 Å². The average Bonchev–Trinajstić information content (AvgIpc) is 2.46. The predicted molar refractivity (Wildman–Crippen MR) is 53.3 cm³/mol. The van der Waals surface area contributed by atoms with Gasteiger partial charge in [0.05, 0.1) is 0 Å². The van der Waals surface area contributed by atoms with Crippen LogP contribution in [-0.4, -0.2) is 4.98 Å². The van der Waals surface area contributed by atoms with Crippen molar-refractivity contribution in [3.63, 3.8) is 0 Å². The summed E-state index contributed by atoms with van der Waals surface area (Å²) >= 11 is 11.6. The van der Waals surface area contributed by atoms with Gasteiger partial charge in [0, 0.05) is 11.1 Å². The molecule has 2 nitrogen and oxygen atoms in total. The molecule has 13 heavy (non-hydrogen) atoms. The van der Waals surface area contributed by atoms with Crippen LogP contribution in [0, 0.1) is 0 Å². The summed E-state index contributed by atoms with van der Waals surface area (Å²) in [7, 11) is 0. The first-order valence-electron chi connectivity index (χ1n) is 3.87. The first-order chi connectivity index (χ1) is 6.16. The fraction of sp³-hybridized carbons (Fsp3) is 0.222. The van der Waals surface area contributed by atoms with Gasteiger partial charge in [-0.25, -0.2) is 4.98 Å². The lowest BCUT2D eigenvalue weighted by molar-refractivity contribution is 0.531. The van der Waals surface area contributed by atoms with E-state index < -0.39 is 0 Å². The molecule has 1 aromatic heterocycles. The zero-order valence-corrected chi connectivity index (χ0v) is 8.43. The van der Waals surface area contributed by atoms with Crippen LogP contribution in [0.25, 0.3) is 11.1 Å². The number of oxazole rings is 1. The molecule has 4 heteroatoms. The smallest absolute Gasteiger partial charge is 0.213 e. The van der Waals surface area contributed by atoms with E-state index in [9.17, 15) is 0 Å². The molecule has 0 radical (unpaired) electrons. The number of halogens is 2. The van der Waals surface area contributed by atoms with Crippen molar-refractivity contribution in [2.24, 2.45) is 0 Å². The highest BCUT2D eigenvalue weighted by atomic mass is 35.5. The van der Waals surface area contributed by atoms with Crippen molar-refractivity contribution >= 4 is 34.3 Å². The third-order valence-electron chi connectivity index (χ3n) is 1.71. The minimum Gasteiger partial charge on any atom is -0.439 e. The number of nitrogens with zero attached hydrogens (tertiary/aromatic N) is 1. The second-order valence-corrected chi connectivity index (χ2v) is 3.87. The molecule has 0 saturated heterocycles. The lowest BCUT2D eigenvalue weighted by atomic mass is 10.3. The SMILES string of the molecule is CC(Cl)c1nc2ccc(Cl)cc2o1. The van der Waals surface area contributed by atoms with E-state index in [1.165, 1.54) is 0 Å². The zero-order chi connectivity index (χ0) is 9.42. The van der Waals surface area contributed by atoms with Crippen LogP contribution < -0.4 is 0 Å². The minimum absolute atomic E-state index is 0.217. The Kier molecular flexibility index (Phi) is 2.18. The highest BCUT2D eigenvalue weighted by Crippen LogP contribution is 2.25. The van der Waals surface area contributed by atoms with E-state index in [1.807, 2.05) is 13.0 Å². The van der Waals surface area contributed by atoms with Gasteiger partial charge in [-0.05, 0) is 19.1 Å². The standard InChI is InChI=1S/C9H7Cl2NO/c1-5(10)9-12-7-3-2-6(11)4-8(7)13-9/h2-5H,1H3. The number of benzene rings is 1. The molecule has 0 bridgehead atoms. The van der Waals surface area contributed by atoms with Crippen LogP contribution >= 0.6 is 23.2 Å². The van der Waals surface area contributed by atoms with Crippen molar-refractivity contribution in [1.82, 2.24) is 4.98 Å². The Balaban J connectivity index is 2.62. The van der Waals surface area contributed by atoms with Gasteiger partial charge in [0.25, 0.3) is 0 Å². The Morgan fingerprint density at radius 2 is 2.23 bits per heavy atom. The molecule has 0 spiro atoms. The third kappa shape index (κ3) is 1.64. The number of fused-ring (bicyclic) bond motifs is 1. The van der Waals surface area contributed by atoms with Gasteiger partial charge in [0.2, 0.25) is 5.89 Å². The number of aromatic nitrogens is 1. The zero-order valence-electron chi connectivity index (χ0n) is 6.92. The Hall–Kier alpha value is -0.730. The number of hydrogen-bond acceptors (Lipinski definition) is 2. The lowest BCUT2D eigenvalue weighted by Gasteiger charge is -1.91. The maximum atomic E-state index is 5.83. The van der Waals surface area contributed by atoms with Gasteiger partial charge in [-0.3, -0.25) is 0 Å². The second-order valence-electron chi connectivity index (χ2n) is 2.78. The van der Waals surface area contributed by atoms with E-state index >= 15 is 0 Å². The van der Waals surface area contributed by atoms with Gasteiger partial charge < -0.3 is 4.42 Å². The van der Waals surface area contributed by atoms with E-state index in [1.54, 1.807) is 12.1 Å². The van der Waals surface area contributed by atoms with Crippen molar-refractivity contribution in [2.75, 3.05) is 0 Å². The largest absolute Gasteiger partial charge is 0.439 e. The molecule has 0 fully saturated rings. The van der Waals surface area contributed by atoms with Crippen LogP contribution in [0.15, 0.2) is 22.6 Å². The fourth-order valence-corrected chi connectivity index (χ4v) is 1.34. The molecule has 68 valence electrons. The Morgan fingerprint density at radius 1 is 1.46 bits per heavy atom. The summed E-state index contributed by atoms with van der Waals surface area (Å²) in [6, 6.07) is 5.31. The van der Waals surface area contributed by atoms with Crippen molar-refractivity contribution in [3.8, 4) is 0 Å². The van der Waals surface area contributed by atoms with Crippen LogP contribution in [0.2, 0.25) is 5.02 Å². The topological polar surface area (TPSA) is 26.0 Å². The molecule has 2 aromatic rings. The van der Waals surface area contributed by atoms with E-state index in [-0.39, 0.29) is 5.38 Å². The molecule has 0 N–H and O–H groups in total. The van der Waals surface area contributed by atoms with E-state index in [0.717, 1.165) is 5.52 Å². The molecule has 0 amide bonds. The van der Waals surface area contributed by atoms with Crippen LogP contribution in [-0.2, 0) is 0 Å². The van der Waals surface area contributed by atoms with E-state index in [0.29, 0.717) is 16.5 Å². The summed E-state index contributed by atoms with van der Waals surface area (Å²) in [5.74, 6) is 0.527. The van der Waals surface area contributed by atoms with Crippen molar-refractivity contribution in [1.29, 1.82) is 0 Å². The highest BCUT2D eigenvalue weighted by Gasteiger charge is 2.10. The van der Waals surface area contributed by atoms with Gasteiger partial charge in [-0.2, -0.15) is 0 Å². The predicted octanol–water partition coefficient (Wildman–Crippen LogP) is 3.78. The molecule has 1 unspecified atom stereocenters. The summed E-state index contributed by atoms with van der Waals surface area (Å²) in [5.41, 5.74) is 1.46. The Bertz CT molecular complexity index is 436. The Morgan fingerprint density at radius 3 is 2.92 bits per heavy atom. The normalized spacial score (nSPS) is 13.5. The molecule has 0 aliphatic rings. The molecule has 1 aromatic carbocycles. The quantitative estimate of drug-likeness (QED) is 0.678. The number of rotatable bonds is 1. The van der Waals surface area contributed by atoms with Crippen molar-refractivity contribution in [3.05, 3.63) is 29.1 Å². The molecule has 1 heterocycles. The van der Waals surface area contributed by atoms with E-state index in [4.69, 9.17) is 27.6 Å². The van der Waals surface area contributed by atoms with Gasteiger partial charge in [-0.15, -0.1) is 11.6 Å². The molecular weight excluding hydrogens is 209 g/mol. The molecular formula is C9H7Cl2NO. The number of hydrogen-bond donors (Lipinski definition) is 0. The fourth-order valence-electron chi connectivity index (χ4n) is 1.09.